The van der Waals surface area contributed by atoms with Crippen LogP contribution in [0.3, 0.4) is 0 Å². The molecule has 1 saturated heterocycles. The predicted octanol–water partition coefficient (Wildman–Crippen LogP) is 2.54. The van der Waals surface area contributed by atoms with Crippen molar-refractivity contribution < 1.29 is 14.4 Å². The molecule has 172 valence electrons. The highest BCUT2D eigenvalue weighted by atomic mass is 35.5. The Hall–Kier alpha value is -2.58. The number of aromatic nitrogens is 2. The molecule has 1 aliphatic rings. The van der Waals surface area contributed by atoms with Crippen molar-refractivity contribution in [2.75, 3.05) is 32.7 Å². The first kappa shape index (κ1) is 24.1. The van der Waals surface area contributed by atoms with Crippen LogP contribution >= 0.6 is 23.2 Å². The molecule has 0 atom stereocenters. The van der Waals surface area contributed by atoms with Gasteiger partial charge in [-0.3, -0.25) is 14.4 Å². The van der Waals surface area contributed by atoms with Crippen LogP contribution in [-0.2, 0) is 20.8 Å². The molecule has 0 bridgehead atoms. The van der Waals surface area contributed by atoms with Crippen LogP contribution in [0.25, 0.3) is 5.69 Å². The van der Waals surface area contributed by atoms with Crippen molar-refractivity contribution in [1.82, 2.24) is 24.9 Å². The van der Waals surface area contributed by atoms with E-state index in [1.807, 2.05) is 13.8 Å². The lowest BCUT2D eigenvalue weighted by molar-refractivity contribution is -0.138. The Morgan fingerprint density at radius 3 is 2.34 bits per heavy atom. The molecule has 8 nitrogen and oxygen atoms in total. The van der Waals surface area contributed by atoms with E-state index in [1.54, 1.807) is 32.7 Å². The fourth-order valence-electron chi connectivity index (χ4n) is 3.78. The van der Waals surface area contributed by atoms with Crippen molar-refractivity contribution in [2.45, 2.75) is 33.6 Å². The molecule has 0 unspecified atom stereocenters. The molecular formula is C22H27Cl2N5O3. The fraction of sp³-hybridized carbons (Fsp3) is 0.455. The van der Waals surface area contributed by atoms with Crippen molar-refractivity contribution in [2.24, 2.45) is 0 Å². The van der Waals surface area contributed by atoms with Crippen molar-refractivity contribution in [3.05, 3.63) is 45.2 Å². The van der Waals surface area contributed by atoms with Gasteiger partial charge in [0.05, 0.1) is 22.8 Å². The van der Waals surface area contributed by atoms with E-state index in [0.717, 1.165) is 17.0 Å². The van der Waals surface area contributed by atoms with E-state index in [0.29, 0.717) is 41.9 Å². The molecule has 1 N–H and O–H groups in total. The zero-order valence-electron chi connectivity index (χ0n) is 18.5. The number of nitrogens with one attached hydrogen (secondary N) is 1. The molecular weight excluding hydrogens is 453 g/mol. The number of carbonyl (C=O) groups excluding carboxylic acids is 3. The monoisotopic (exact) mass is 479 g/mol. The fourth-order valence-corrected chi connectivity index (χ4v) is 4.27. The van der Waals surface area contributed by atoms with Gasteiger partial charge in [-0.15, -0.1) is 0 Å². The average molecular weight is 480 g/mol. The van der Waals surface area contributed by atoms with Gasteiger partial charge in [0.1, 0.15) is 0 Å². The van der Waals surface area contributed by atoms with Crippen molar-refractivity contribution in [1.29, 1.82) is 0 Å². The summed E-state index contributed by atoms with van der Waals surface area (Å²) >= 11 is 12.3. The number of piperazine rings is 1. The van der Waals surface area contributed by atoms with E-state index in [1.165, 1.54) is 6.92 Å². The van der Waals surface area contributed by atoms with Gasteiger partial charge in [0, 0.05) is 62.3 Å². The molecule has 1 aliphatic heterocycles. The quantitative estimate of drug-likeness (QED) is 0.689. The van der Waals surface area contributed by atoms with Crippen molar-refractivity contribution >= 4 is 40.9 Å². The minimum absolute atomic E-state index is 0.0222. The highest BCUT2D eigenvalue weighted by Crippen LogP contribution is 2.27. The van der Waals surface area contributed by atoms with E-state index in [2.05, 4.69) is 10.4 Å². The number of carbonyl (C=O) groups is 3. The van der Waals surface area contributed by atoms with Gasteiger partial charge < -0.3 is 15.1 Å². The van der Waals surface area contributed by atoms with Crippen LogP contribution in [0.1, 0.15) is 30.3 Å². The van der Waals surface area contributed by atoms with Crippen molar-refractivity contribution in [3.8, 4) is 5.69 Å². The van der Waals surface area contributed by atoms with Gasteiger partial charge in [0.25, 0.3) is 0 Å². The highest BCUT2D eigenvalue weighted by Gasteiger charge is 2.22. The molecule has 1 aromatic carbocycles. The largest absolute Gasteiger partial charge is 0.355 e. The van der Waals surface area contributed by atoms with Gasteiger partial charge in [-0.25, -0.2) is 4.68 Å². The summed E-state index contributed by atoms with van der Waals surface area (Å²) in [7, 11) is 0. The molecule has 1 fully saturated rings. The summed E-state index contributed by atoms with van der Waals surface area (Å²) in [6.07, 6.45) is 0.387. The predicted molar refractivity (Wildman–Crippen MR) is 123 cm³/mol. The minimum atomic E-state index is -0.174. The van der Waals surface area contributed by atoms with Gasteiger partial charge >= 0.3 is 0 Å². The Labute approximate surface area is 197 Å². The Balaban J connectivity index is 1.53. The Morgan fingerprint density at radius 2 is 1.72 bits per heavy atom. The molecule has 0 spiro atoms. The number of halogens is 2. The maximum absolute atomic E-state index is 12.5. The zero-order valence-corrected chi connectivity index (χ0v) is 20.0. The molecule has 2 heterocycles. The summed E-state index contributed by atoms with van der Waals surface area (Å²) in [6.45, 7) is 7.68. The number of amides is 3. The summed E-state index contributed by atoms with van der Waals surface area (Å²) < 4.78 is 1.71. The third kappa shape index (κ3) is 5.61. The number of aryl methyl sites for hydroxylation is 1. The zero-order chi connectivity index (χ0) is 23.4. The lowest BCUT2D eigenvalue weighted by Crippen LogP contribution is -2.50. The standard InChI is InChI=1S/C22H27Cl2N5O3/c1-14-18(15(2)29(26-14)20-5-4-17(23)12-19(20)24)13-21(31)25-7-6-22(32)28-10-8-27(9-11-28)16(3)30/h4-5,12H,6-11,13H2,1-3H3,(H,25,31). The molecule has 3 amide bonds. The molecule has 0 radical (unpaired) electrons. The number of benzene rings is 1. The maximum Gasteiger partial charge on any atom is 0.224 e. The van der Waals surface area contributed by atoms with Crippen LogP contribution in [0.2, 0.25) is 10.0 Å². The molecule has 2 aromatic rings. The smallest absolute Gasteiger partial charge is 0.224 e. The molecule has 0 saturated carbocycles. The van der Waals surface area contributed by atoms with Crippen LogP contribution in [0, 0.1) is 13.8 Å². The number of hydrogen-bond donors (Lipinski definition) is 1. The first-order chi connectivity index (χ1) is 15.2. The van der Waals surface area contributed by atoms with Gasteiger partial charge in [-0.05, 0) is 32.0 Å². The summed E-state index contributed by atoms with van der Waals surface area (Å²) in [5.74, 6) is -0.171. The van der Waals surface area contributed by atoms with Gasteiger partial charge in [-0.2, -0.15) is 5.10 Å². The maximum atomic E-state index is 12.5. The van der Waals surface area contributed by atoms with Crippen molar-refractivity contribution in [3.63, 3.8) is 0 Å². The first-order valence-corrected chi connectivity index (χ1v) is 11.2. The molecule has 1 aromatic heterocycles. The second-order valence-electron chi connectivity index (χ2n) is 7.82. The average Bonchev–Trinajstić information content (AvgIpc) is 3.01. The molecule has 10 heteroatoms. The Morgan fingerprint density at radius 1 is 1.06 bits per heavy atom. The minimum Gasteiger partial charge on any atom is -0.355 e. The summed E-state index contributed by atoms with van der Waals surface area (Å²) in [5, 5.41) is 8.36. The summed E-state index contributed by atoms with van der Waals surface area (Å²) in [5.41, 5.74) is 3.07. The highest BCUT2D eigenvalue weighted by molar-refractivity contribution is 6.35. The van der Waals surface area contributed by atoms with E-state index in [4.69, 9.17) is 23.2 Å². The van der Waals surface area contributed by atoms with Crippen LogP contribution in [-0.4, -0.2) is 70.0 Å². The molecule has 3 rings (SSSR count). The first-order valence-electron chi connectivity index (χ1n) is 10.5. The van der Waals surface area contributed by atoms with Crippen LogP contribution in [0.4, 0.5) is 0 Å². The Bertz CT molecular complexity index is 1030. The lowest BCUT2D eigenvalue weighted by Gasteiger charge is -2.34. The van der Waals surface area contributed by atoms with Crippen LogP contribution in [0.5, 0.6) is 0 Å². The van der Waals surface area contributed by atoms with Gasteiger partial charge in [-0.1, -0.05) is 23.2 Å². The molecule has 0 aliphatic carbocycles. The second-order valence-corrected chi connectivity index (χ2v) is 8.66. The second kappa shape index (κ2) is 10.4. The van der Waals surface area contributed by atoms with E-state index in [-0.39, 0.29) is 37.1 Å². The van der Waals surface area contributed by atoms with Gasteiger partial charge in [0.15, 0.2) is 0 Å². The van der Waals surface area contributed by atoms with Crippen LogP contribution in [0.15, 0.2) is 18.2 Å². The third-order valence-electron chi connectivity index (χ3n) is 5.66. The van der Waals surface area contributed by atoms with E-state index >= 15 is 0 Å². The third-order valence-corrected chi connectivity index (χ3v) is 6.19. The number of rotatable bonds is 6. The summed E-state index contributed by atoms with van der Waals surface area (Å²) in [6, 6.07) is 5.18. The van der Waals surface area contributed by atoms with Gasteiger partial charge in [0.2, 0.25) is 17.7 Å². The summed E-state index contributed by atoms with van der Waals surface area (Å²) in [4.78, 5) is 39.7. The lowest BCUT2D eigenvalue weighted by atomic mass is 10.1. The molecule has 32 heavy (non-hydrogen) atoms. The van der Waals surface area contributed by atoms with Crippen LogP contribution < -0.4 is 5.32 Å². The number of hydrogen-bond acceptors (Lipinski definition) is 4. The van der Waals surface area contributed by atoms with E-state index < -0.39 is 0 Å². The topological polar surface area (TPSA) is 87.5 Å². The normalized spacial score (nSPS) is 13.9. The van der Waals surface area contributed by atoms with E-state index in [9.17, 15) is 14.4 Å². The number of nitrogens with zero attached hydrogens (tertiary/aromatic N) is 4. The Kier molecular flexibility index (Phi) is 7.79. The SMILES string of the molecule is CC(=O)N1CCN(C(=O)CCNC(=O)Cc2c(C)nn(-c3ccc(Cl)cc3Cl)c2C)CC1.